The Morgan fingerprint density at radius 1 is 1.14 bits per heavy atom. The number of non-ortho nitro benzene ring substituents is 1. The van der Waals surface area contributed by atoms with Gasteiger partial charge in [-0.15, -0.1) is 0 Å². The lowest BCUT2D eigenvalue weighted by Gasteiger charge is -2.26. The van der Waals surface area contributed by atoms with Gasteiger partial charge in [0.25, 0.3) is 11.6 Å². The maximum atomic E-state index is 11.9. The summed E-state index contributed by atoms with van der Waals surface area (Å²) in [6.45, 7) is 1.87. The lowest BCUT2D eigenvalue weighted by Crippen LogP contribution is -2.37. The molecule has 2 rings (SSSR count). The molecule has 0 unspecified atom stereocenters. The summed E-state index contributed by atoms with van der Waals surface area (Å²) < 4.78 is 0. The normalized spacial score (nSPS) is 14.5. The smallest absolute Gasteiger partial charge is 0.269 e. The summed E-state index contributed by atoms with van der Waals surface area (Å²) in [6, 6.07) is 5.38. The molecule has 118 valence electrons. The predicted octanol–water partition coefficient (Wildman–Crippen LogP) is 1.73. The average Bonchev–Trinajstić information content (AvgIpc) is 2.55. The number of rotatable bonds is 5. The molecule has 0 radical (unpaired) electrons. The summed E-state index contributed by atoms with van der Waals surface area (Å²) in [4.78, 5) is 35.7. The van der Waals surface area contributed by atoms with Gasteiger partial charge in [0.05, 0.1) is 4.92 Å². The first-order chi connectivity index (χ1) is 10.6. The zero-order chi connectivity index (χ0) is 15.9. The van der Waals surface area contributed by atoms with E-state index in [1.54, 1.807) is 0 Å². The number of benzene rings is 1. The minimum absolute atomic E-state index is 0.0585. The highest BCUT2D eigenvalue weighted by molar-refractivity contribution is 5.94. The van der Waals surface area contributed by atoms with Crippen LogP contribution in [0.5, 0.6) is 0 Å². The van der Waals surface area contributed by atoms with Crippen molar-refractivity contribution in [1.82, 2.24) is 10.2 Å². The molecule has 7 heteroatoms. The number of piperidine rings is 1. The SMILES string of the molecule is O=C(NCCC(=O)N1CCCCC1)c1ccc([N+](=O)[O-])cc1. The van der Waals surface area contributed by atoms with E-state index in [9.17, 15) is 19.7 Å². The number of likely N-dealkylation sites (tertiary alicyclic amines) is 1. The van der Waals surface area contributed by atoms with E-state index < -0.39 is 4.92 Å². The van der Waals surface area contributed by atoms with Gasteiger partial charge in [-0.1, -0.05) is 0 Å². The average molecular weight is 305 g/mol. The van der Waals surface area contributed by atoms with E-state index in [1.165, 1.54) is 30.7 Å². The minimum atomic E-state index is -0.515. The Morgan fingerprint density at radius 2 is 1.77 bits per heavy atom. The standard InChI is InChI=1S/C15H19N3O4/c19-14(17-10-2-1-3-11-17)8-9-16-15(20)12-4-6-13(7-5-12)18(21)22/h4-7H,1-3,8-11H2,(H,16,20). The Bertz CT molecular complexity index is 550. The van der Waals surface area contributed by atoms with Gasteiger partial charge in [0.1, 0.15) is 0 Å². The van der Waals surface area contributed by atoms with Crippen LogP contribution in [0.15, 0.2) is 24.3 Å². The summed E-state index contributed by atoms with van der Waals surface area (Å²) in [5.41, 5.74) is 0.285. The first-order valence-corrected chi connectivity index (χ1v) is 7.38. The van der Waals surface area contributed by atoms with Crippen molar-refractivity contribution >= 4 is 17.5 Å². The number of nitrogens with zero attached hydrogens (tertiary/aromatic N) is 2. The molecular weight excluding hydrogens is 286 g/mol. The second-order valence-electron chi connectivity index (χ2n) is 5.25. The molecule has 1 heterocycles. The van der Waals surface area contributed by atoms with Crippen LogP contribution in [-0.4, -0.2) is 41.3 Å². The molecule has 0 aliphatic carbocycles. The van der Waals surface area contributed by atoms with E-state index in [0.717, 1.165) is 25.9 Å². The largest absolute Gasteiger partial charge is 0.352 e. The number of carbonyl (C=O) groups is 2. The lowest BCUT2D eigenvalue weighted by molar-refractivity contribution is -0.384. The van der Waals surface area contributed by atoms with Gasteiger partial charge in [0.15, 0.2) is 0 Å². The molecule has 1 fully saturated rings. The van der Waals surface area contributed by atoms with Gasteiger partial charge in [-0.05, 0) is 31.4 Å². The van der Waals surface area contributed by atoms with Crippen molar-refractivity contribution in [2.45, 2.75) is 25.7 Å². The van der Waals surface area contributed by atoms with Crippen molar-refractivity contribution in [3.8, 4) is 0 Å². The molecule has 1 aliphatic rings. The zero-order valence-corrected chi connectivity index (χ0v) is 12.3. The third-order valence-electron chi connectivity index (χ3n) is 3.67. The number of nitro benzene ring substituents is 1. The number of nitro groups is 1. The molecule has 1 aromatic rings. The summed E-state index contributed by atoms with van der Waals surface area (Å²) >= 11 is 0. The van der Waals surface area contributed by atoms with Crippen LogP contribution in [0, 0.1) is 10.1 Å². The lowest BCUT2D eigenvalue weighted by atomic mass is 10.1. The topological polar surface area (TPSA) is 92.6 Å². The summed E-state index contributed by atoms with van der Waals surface area (Å²) in [6.07, 6.45) is 3.53. The van der Waals surface area contributed by atoms with E-state index in [0.29, 0.717) is 5.56 Å². The van der Waals surface area contributed by atoms with Gasteiger partial charge in [-0.25, -0.2) is 0 Å². The Balaban J connectivity index is 1.77. The number of nitrogens with one attached hydrogen (secondary N) is 1. The third kappa shape index (κ3) is 4.28. The molecule has 1 N–H and O–H groups in total. The number of hydrogen-bond acceptors (Lipinski definition) is 4. The molecule has 0 saturated carbocycles. The third-order valence-corrected chi connectivity index (χ3v) is 3.67. The number of amides is 2. The Labute approximate surface area is 128 Å². The zero-order valence-electron chi connectivity index (χ0n) is 12.3. The number of carbonyl (C=O) groups excluding carboxylic acids is 2. The van der Waals surface area contributed by atoms with Crippen molar-refractivity contribution in [3.63, 3.8) is 0 Å². The van der Waals surface area contributed by atoms with Crippen molar-refractivity contribution < 1.29 is 14.5 Å². The molecule has 0 aromatic heterocycles. The first-order valence-electron chi connectivity index (χ1n) is 7.38. The van der Waals surface area contributed by atoms with Crippen LogP contribution in [-0.2, 0) is 4.79 Å². The van der Waals surface area contributed by atoms with Crippen LogP contribution in [0.4, 0.5) is 5.69 Å². The van der Waals surface area contributed by atoms with Crippen LogP contribution >= 0.6 is 0 Å². The fourth-order valence-corrected chi connectivity index (χ4v) is 2.42. The molecule has 0 bridgehead atoms. The van der Waals surface area contributed by atoms with Gasteiger partial charge in [-0.3, -0.25) is 19.7 Å². The molecule has 0 spiro atoms. The highest BCUT2D eigenvalue weighted by Gasteiger charge is 2.16. The maximum Gasteiger partial charge on any atom is 0.269 e. The quantitative estimate of drug-likeness (QED) is 0.662. The highest BCUT2D eigenvalue weighted by atomic mass is 16.6. The van der Waals surface area contributed by atoms with Gasteiger partial charge >= 0.3 is 0 Å². The molecule has 2 amide bonds. The van der Waals surface area contributed by atoms with Crippen LogP contribution in [0.3, 0.4) is 0 Å². The maximum absolute atomic E-state index is 11.9. The molecule has 7 nitrogen and oxygen atoms in total. The van der Waals surface area contributed by atoms with Gasteiger partial charge in [0, 0.05) is 43.8 Å². The van der Waals surface area contributed by atoms with Crippen molar-refractivity contribution in [3.05, 3.63) is 39.9 Å². The summed E-state index contributed by atoms with van der Waals surface area (Å²) in [7, 11) is 0. The first kappa shape index (κ1) is 15.9. The van der Waals surface area contributed by atoms with Crippen LogP contribution in [0.25, 0.3) is 0 Å². The molecule has 1 saturated heterocycles. The van der Waals surface area contributed by atoms with E-state index >= 15 is 0 Å². The van der Waals surface area contributed by atoms with E-state index in [1.807, 2.05) is 4.90 Å². The van der Waals surface area contributed by atoms with Crippen molar-refractivity contribution in [1.29, 1.82) is 0 Å². The second-order valence-corrected chi connectivity index (χ2v) is 5.25. The minimum Gasteiger partial charge on any atom is -0.352 e. The fourth-order valence-electron chi connectivity index (χ4n) is 2.42. The molecular formula is C15H19N3O4. The Morgan fingerprint density at radius 3 is 2.36 bits per heavy atom. The molecule has 22 heavy (non-hydrogen) atoms. The highest BCUT2D eigenvalue weighted by Crippen LogP contribution is 2.12. The molecule has 1 aliphatic heterocycles. The monoisotopic (exact) mass is 305 g/mol. The van der Waals surface area contributed by atoms with Crippen molar-refractivity contribution in [2.24, 2.45) is 0 Å². The van der Waals surface area contributed by atoms with Gasteiger partial charge < -0.3 is 10.2 Å². The van der Waals surface area contributed by atoms with Gasteiger partial charge in [-0.2, -0.15) is 0 Å². The van der Waals surface area contributed by atoms with Gasteiger partial charge in [0.2, 0.25) is 5.91 Å². The van der Waals surface area contributed by atoms with Crippen LogP contribution in [0.2, 0.25) is 0 Å². The Kier molecular flexibility index (Phi) is 5.46. The molecule has 0 atom stereocenters. The fraction of sp³-hybridized carbons (Fsp3) is 0.467. The van der Waals surface area contributed by atoms with Crippen LogP contribution in [0.1, 0.15) is 36.0 Å². The Hall–Kier alpha value is -2.44. The molecule has 1 aromatic carbocycles. The van der Waals surface area contributed by atoms with E-state index in [2.05, 4.69) is 5.32 Å². The van der Waals surface area contributed by atoms with Crippen molar-refractivity contribution in [2.75, 3.05) is 19.6 Å². The van der Waals surface area contributed by atoms with E-state index in [4.69, 9.17) is 0 Å². The van der Waals surface area contributed by atoms with E-state index in [-0.39, 0.29) is 30.5 Å². The number of hydrogen-bond donors (Lipinski definition) is 1. The summed E-state index contributed by atoms with van der Waals surface area (Å²) in [5, 5.41) is 13.2. The summed E-state index contributed by atoms with van der Waals surface area (Å²) in [5.74, 6) is -0.273. The van der Waals surface area contributed by atoms with Crippen LogP contribution < -0.4 is 5.32 Å². The predicted molar refractivity (Wildman–Crippen MR) is 80.5 cm³/mol. The second kappa shape index (κ2) is 7.53.